The van der Waals surface area contributed by atoms with Crippen molar-refractivity contribution in [1.29, 1.82) is 0 Å². The predicted octanol–water partition coefficient (Wildman–Crippen LogP) is 2.00. The summed E-state index contributed by atoms with van der Waals surface area (Å²) in [5, 5.41) is 0. The molecule has 0 aliphatic heterocycles. The molecule has 4 heteroatoms. The lowest BCUT2D eigenvalue weighted by Crippen LogP contribution is -2.23. The smallest absolute Gasteiger partial charge is 0.155 e. The summed E-state index contributed by atoms with van der Waals surface area (Å²) in [5.41, 5.74) is 0. The molecule has 0 radical (unpaired) electrons. The fraction of sp³-hybridized carbons (Fsp3) is 0.846. The molecule has 4 nitrogen and oxygen atoms in total. The van der Waals surface area contributed by atoms with E-state index in [1.54, 1.807) is 0 Å². The van der Waals surface area contributed by atoms with Gasteiger partial charge < -0.3 is 9.47 Å². The average Bonchev–Trinajstić information content (AvgIpc) is 2.25. The zero-order valence-electron chi connectivity index (χ0n) is 11.3. The fourth-order valence-electron chi connectivity index (χ4n) is 1.42. The van der Waals surface area contributed by atoms with E-state index in [0.717, 1.165) is 0 Å². The maximum atomic E-state index is 11.6. The van der Waals surface area contributed by atoms with E-state index in [1.807, 2.05) is 20.8 Å². The largest absolute Gasteiger partial charge is 0.379 e. The molecule has 0 saturated heterocycles. The Balaban J connectivity index is 3.97. The number of hydrogen-bond donors (Lipinski definition) is 0. The first-order chi connectivity index (χ1) is 7.97. The molecule has 0 rings (SSSR count). The average molecular weight is 244 g/mol. The van der Waals surface area contributed by atoms with Gasteiger partial charge in [-0.05, 0) is 27.2 Å². The lowest BCUT2D eigenvalue weighted by Gasteiger charge is -2.16. The van der Waals surface area contributed by atoms with Crippen LogP contribution in [0.3, 0.4) is 0 Å². The first-order valence-corrected chi connectivity index (χ1v) is 6.18. The molecule has 100 valence electrons. The molecule has 0 fully saturated rings. The highest BCUT2D eigenvalue weighted by molar-refractivity contribution is 5.81. The molecule has 0 aromatic heterocycles. The van der Waals surface area contributed by atoms with Gasteiger partial charge in [-0.15, -0.1) is 0 Å². The third kappa shape index (κ3) is 9.01. The van der Waals surface area contributed by atoms with Crippen LogP contribution in [-0.4, -0.2) is 37.5 Å². The summed E-state index contributed by atoms with van der Waals surface area (Å²) in [6, 6.07) is 0. The summed E-state index contributed by atoms with van der Waals surface area (Å²) >= 11 is 0. The summed E-state index contributed by atoms with van der Waals surface area (Å²) < 4.78 is 10.6. The molecule has 0 spiro atoms. The highest BCUT2D eigenvalue weighted by Crippen LogP contribution is 2.09. The maximum absolute atomic E-state index is 11.6. The van der Waals surface area contributed by atoms with Crippen molar-refractivity contribution >= 4 is 11.6 Å². The number of rotatable bonds is 10. The molecule has 0 saturated carbocycles. The molecule has 0 N–H and O–H groups in total. The molecule has 0 bridgehead atoms. The van der Waals surface area contributed by atoms with Crippen molar-refractivity contribution in [3.8, 4) is 0 Å². The lowest BCUT2D eigenvalue weighted by molar-refractivity contribution is -0.128. The van der Waals surface area contributed by atoms with Crippen LogP contribution in [0.1, 0.15) is 40.5 Å². The number of carbonyl (C=O) groups is 2. The van der Waals surface area contributed by atoms with Gasteiger partial charge in [0.2, 0.25) is 0 Å². The van der Waals surface area contributed by atoms with Crippen LogP contribution in [-0.2, 0) is 19.1 Å². The third-order valence-electron chi connectivity index (χ3n) is 2.35. The van der Waals surface area contributed by atoms with Crippen molar-refractivity contribution in [2.45, 2.75) is 46.6 Å². The minimum absolute atomic E-state index is 0.0221. The zero-order chi connectivity index (χ0) is 13.3. The molecule has 1 unspecified atom stereocenters. The third-order valence-corrected chi connectivity index (χ3v) is 2.35. The summed E-state index contributed by atoms with van der Waals surface area (Å²) in [6.07, 6.45) is 1.32. The summed E-state index contributed by atoms with van der Waals surface area (Å²) in [6.45, 7) is 8.18. The van der Waals surface area contributed by atoms with E-state index in [0.29, 0.717) is 26.1 Å². The van der Waals surface area contributed by atoms with Crippen molar-refractivity contribution in [2.75, 3.05) is 19.8 Å². The second-order valence-corrected chi connectivity index (χ2v) is 4.44. The molecule has 0 amide bonds. The van der Waals surface area contributed by atoms with Crippen molar-refractivity contribution in [3.63, 3.8) is 0 Å². The zero-order valence-corrected chi connectivity index (χ0v) is 11.3. The normalized spacial score (nSPS) is 12.8. The summed E-state index contributed by atoms with van der Waals surface area (Å²) in [7, 11) is 0. The summed E-state index contributed by atoms with van der Waals surface area (Å²) in [5.74, 6) is -0.00913. The van der Waals surface area contributed by atoms with Gasteiger partial charge in [-0.2, -0.15) is 0 Å². The van der Waals surface area contributed by atoms with Gasteiger partial charge in [-0.1, -0.05) is 6.92 Å². The van der Waals surface area contributed by atoms with E-state index in [1.165, 1.54) is 6.92 Å². The van der Waals surface area contributed by atoms with E-state index < -0.39 is 0 Å². The Morgan fingerprint density at radius 3 is 2.35 bits per heavy atom. The molecule has 0 aliphatic rings. The molecular formula is C13H24O4. The van der Waals surface area contributed by atoms with E-state index >= 15 is 0 Å². The number of hydrogen-bond acceptors (Lipinski definition) is 4. The second kappa shape index (κ2) is 9.31. The molecule has 0 aromatic rings. The van der Waals surface area contributed by atoms with Crippen LogP contribution in [0.15, 0.2) is 0 Å². The lowest BCUT2D eigenvalue weighted by atomic mass is 10.00. The van der Waals surface area contributed by atoms with Crippen LogP contribution in [0, 0.1) is 5.92 Å². The second-order valence-electron chi connectivity index (χ2n) is 4.44. The molecule has 0 aliphatic carbocycles. The Hall–Kier alpha value is -0.740. The Bertz CT molecular complexity index is 236. The Morgan fingerprint density at radius 2 is 1.88 bits per heavy atom. The van der Waals surface area contributed by atoms with Crippen molar-refractivity contribution < 1.29 is 19.1 Å². The standard InChI is InChI=1S/C13H24O4/c1-5-13(15)12(6-7-17-10(2)3)9-16-8-11(4)14/h10,12H,5-9H2,1-4H3. The highest BCUT2D eigenvalue weighted by Gasteiger charge is 2.17. The predicted molar refractivity (Wildman–Crippen MR) is 66.0 cm³/mol. The topological polar surface area (TPSA) is 52.6 Å². The van der Waals surface area contributed by atoms with E-state index in [-0.39, 0.29) is 30.2 Å². The Kier molecular flexibility index (Phi) is 8.90. The van der Waals surface area contributed by atoms with Crippen LogP contribution < -0.4 is 0 Å². The molecule has 1 atom stereocenters. The van der Waals surface area contributed by atoms with Gasteiger partial charge in [0.15, 0.2) is 5.78 Å². The van der Waals surface area contributed by atoms with E-state index in [4.69, 9.17) is 9.47 Å². The van der Waals surface area contributed by atoms with Gasteiger partial charge in [-0.3, -0.25) is 9.59 Å². The number of ketones is 2. The SMILES string of the molecule is CCC(=O)C(CCOC(C)C)COCC(C)=O. The van der Waals surface area contributed by atoms with Gasteiger partial charge in [-0.25, -0.2) is 0 Å². The van der Waals surface area contributed by atoms with Crippen LogP contribution >= 0.6 is 0 Å². The minimum Gasteiger partial charge on any atom is -0.379 e. The number of Topliss-reactive ketones (excluding diaryl/α,β-unsaturated/α-hetero) is 2. The Morgan fingerprint density at radius 1 is 1.24 bits per heavy atom. The molecule has 0 aromatic carbocycles. The summed E-state index contributed by atoms with van der Waals surface area (Å²) in [4.78, 5) is 22.4. The fourth-order valence-corrected chi connectivity index (χ4v) is 1.42. The first kappa shape index (κ1) is 16.3. The van der Waals surface area contributed by atoms with Crippen LogP contribution in [0.2, 0.25) is 0 Å². The molecular weight excluding hydrogens is 220 g/mol. The number of ether oxygens (including phenoxy) is 2. The van der Waals surface area contributed by atoms with Gasteiger partial charge >= 0.3 is 0 Å². The van der Waals surface area contributed by atoms with E-state index in [2.05, 4.69) is 0 Å². The van der Waals surface area contributed by atoms with Crippen LogP contribution in [0.4, 0.5) is 0 Å². The van der Waals surface area contributed by atoms with Gasteiger partial charge in [0.05, 0.1) is 12.7 Å². The first-order valence-electron chi connectivity index (χ1n) is 6.18. The molecule has 17 heavy (non-hydrogen) atoms. The highest BCUT2D eigenvalue weighted by atomic mass is 16.5. The van der Waals surface area contributed by atoms with Gasteiger partial charge in [0, 0.05) is 18.9 Å². The minimum atomic E-state index is -0.155. The van der Waals surface area contributed by atoms with Gasteiger partial charge in [0.25, 0.3) is 0 Å². The van der Waals surface area contributed by atoms with Crippen molar-refractivity contribution in [2.24, 2.45) is 5.92 Å². The van der Waals surface area contributed by atoms with Crippen LogP contribution in [0.25, 0.3) is 0 Å². The number of carbonyl (C=O) groups excluding carboxylic acids is 2. The Labute approximate surface area is 104 Å². The quantitative estimate of drug-likeness (QED) is 0.590. The van der Waals surface area contributed by atoms with Gasteiger partial charge in [0.1, 0.15) is 12.4 Å². The maximum Gasteiger partial charge on any atom is 0.155 e. The van der Waals surface area contributed by atoms with E-state index in [9.17, 15) is 9.59 Å². The van der Waals surface area contributed by atoms with Crippen molar-refractivity contribution in [1.82, 2.24) is 0 Å². The monoisotopic (exact) mass is 244 g/mol. The van der Waals surface area contributed by atoms with Crippen molar-refractivity contribution in [3.05, 3.63) is 0 Å². The molecule has 0 heterocycles. The van der Waals surface area contributed by atoms with Crippen LogP contribution in [0.5, 0.6) is 0 Å².